The van der Waals surface area contributed by atoms with E-state index in [1.54, 1.807) is 0 Å². The van der Waals surface area contributed by atoms with Crippen molar-refractivity contribution in [1.82, 2.24) is 0 Å². The fourth-order valence-electron chi connectivity index (χ4n) is 3.15. The summed E-state index contributed by atoms with van der Waals surface area (Å²) < 4.78 is 40.7. The molecule has 0 spiro atoms. The van der Waals surface area contributed by atoms with Gasteiger partial charge >= 0.3 is 0 Å². The zero-order valence-corrected chi connectivity index (χ0v) is 23.4. The Morgan fingerprint density at radius 1 is 0.514 bits per heavy atom. The Kier molecular flexibility index (Phi) is 25.7. The molecular formula is C28H54O7. The zero-order chi connectivity index (χ0) is 26.0. The van der Waals surface area contributed by atoms with Crippen molar-refractivity contribution < 1.29 is 33.2 Å². The van der Waals surface area contributed by atoms with Crippen LogP contribution < -0.4 is 0 Å². The first-order chi connectivity index (χ1) is 17.1. The fraction of sp³-hybridized carbons (Fsp3) is 0.857. The van der Waals surface area contributed by atoms with Crippen LogP contribution in [0, 0.1) is 0 Å². The number of hydrogen-bond acceptors (Lipinski definition) is 7. The monoisotopic (exact) mass is 502 g/mol. The van der Waals surface area contributed by atoms with Crippen LogP contribution in [-0.2, 0) is 33.2 Å². The van der Waals surface area contributed by atoms with Crippen molar-refractivity contribution in [3.63, 3.8) is 0 Å². The summed E-state index contributed by atoms with van der Waals surface area (Å²) in [6, 6.07) is 0. The van der Waals surface area contributed by atoms with E-state index >= 15 is 0 Å². The van der Waals surface area contributed by atoms with E-state index in [-0.39, 0.29) is 12.6 Å². The molecule has 0 radical (unpaired) electrons. The Morgan fingerprint density at radius 2 is 0.886 bits per heavy atom. The predicted molar refractivity (Wildman–Crippen MR) is 141 cm³/mol. The summed E-state index contributed by atoms with van der Waals surface area (Å²) in [6.07, 6.45) is 14.1. The molecule has 0 fully saturated rings. The van der Waals surface area contributed by atoms with E-state index in [4.69, 9.17) is 33.2 Å². The SMILES string of the molecule is CCCCOC(C=CCCC(OCC)OCC)OC(C=CCCC(OCC)OCC)OCCCC. The molecule has 0 heterocycles. The van der Waals surface area contributed by atoms with Gasteiger partial charge in [0.1, 0.15) is 0 Å². The Hall–Kier alpha value is -0.800. The second kappa shape index (κ2) is 26.3. The highest BCUT2D eigenvalue weighted by Gasteiger charge is 2.14. The van der Waals surface area contributed by atoms with Gasteiger partial charge in [0, 0.05) is 39.3 Å². The molecule has 7 heteroatoms. The van der Waals surface area contributed by atoms with Crippen LogP contribution in [0.25, 0.3) is 0 Å². The van der Waals surface area contributed by atoms with Crippen LogP contribution in [0.4, 0.5) is 0 Å². The van der Waals surface area contributed by atoms with Crippen molar-refractivity contribution in [2.45, 2.75) is 118 Å². The van der Waals surface area contributed by atoms with Gasteiger partial charge < -0.3 is 33.2 Å². The first-order valence-corrected chi connectivity index (χ1v) is 13.8. The van der Waals surface area contributed by atoms with Crippen molar-refractivity contribution in [3.05, 3.63) is 24.3 Å². The topological polar surface area (TPSA) is 64.6 Å². The molecule has 208 valence electrons. The highest BCUT2D eigenvalue weighted by Crippen LogP contribution is 2.12. The molecule has 0 N–H and O–H groups in total. The number of ether oxygens (including phenoxy) is 7. The van der Waals surface area contributed by atoms with Crippen molar-refractivity contribution in [1.29, 1.82) is 0 Å². The van der Waals surface area contributed by atoms with Crippen molar-refractivity contribution in [3.8, 4) is 0 Å². The summed E-state index contributed by atoms with van der Waals surface area (Å²) in [5.41, 5.74) is 0. The Bertz CT molecular complexity index is 430. The average Bonchev–Trinajstić information content (AvgIpc) is 2.84. The largest absolute Gasteiger partial charge is 0.353 e. The number of rotatable bonds is 26. The molecule has 0 amide bonds. The smallest absolute Gasteiger partial charge is 0.180 e. The van der Waals surface area contributed by atoms with Crippen LogP contribution in [0.3, 0.4) is 0 Å². The second-order valence-electron chi connectivity index (χ2n) is 8.01. The molecule has 0 aromatic rings. The van der Waals surface area contributed by atoms with Gasteiger partial charge in [-0.05, 0) is 65.5 Å². The van der Waals surface area contributed by atoms with Gasteiger partial charge in [-0.1, -0.05) is 38.8 Å². The lowest BCUT2D eigenvalue weighted by Crippen LogP contribution is -2.25. The minimum atomic E-state index is -0.477. The fourth-order valence-corrected chi connectivity index (χ4v) is 3.15. The average molecular weight is 503 g/mol. The molecule has 0 bridgehead atoms. The molecule has 0 aliphatic rings. The molecule has 2 unspecified atom stereocenters. The van der Waals surface area contributed by atoms with Crippen molar-refractivity contribution >= 4 is 0 Å². The number of unbranched alkanes of at least 4 members (excludes halogenated alkanes) is 2. The van der Waals surface area contributed by atoms with E-state index in [1.165, 1.54) is 0 Å². The lowest BCUT2D eigenvalue weighted by molar-refractivity contribution is -0.208. The summed E-state index contributed by atoms with van der Waals surface area (Å²) >= 11 is 0. The highest BCUT2D eigenvalue weighted by molar-refractivity contribution is 4.90. The molecule has 0 aromatic carbocycles. The first-order valence-electron chi connectivity index (χ1n) is 13.8. The van der Waals surface area contributed by atoms with Crippen LogP contribution >= 0.6 is 0 Å². The van der Waals surface area contributed by atoms with E-state index in [2.05, 4.69) is 26.0 Å². The second-order valence-corrected chi connectivity index (χ2v) is 8.01. The summed E-state index contributed by atoms with van der Waals surface area (Å²) in [7, 11) is 0. The first kappa shape index (κ1) is 34.2. The van der Waals surface area contributed by atoms with Gasteiger partial charge in [0.15, 0.2) is 25.2 Å². The van der Waals surface area contributed by atoms with Crippen LogP contribution in [0.1, 0.15) is 92.9 Å². The molecule has 2 atom stereocenters. The van der Waals surface area contributed by atoms with Crippen molar-refractivity contribution in [2.75, 3.05) is 39.6 Å². The van der Waals surface area contributed by atoms with Gasteiger partial charge in [0.05, 0.1) is 13.2 Å². The van der Waals surface area contributed by atoms with Gasteiger partial charge in [-0.2, -0.15) is 0 Å². The summed E-state index contributed by atoms with van der Waals surface area (Å²) in [5, 5.41) is 0. The maximum Gasteiger partial charge on any atom is 0.180 e. The molecule has 0 rings (SSSR count). The van der Waals surface area contributed by atoms with Crippen LogP contribution in [0.2, 0.25) is 0 Å². The lowest BCUT2D eigenvalue weighted by Gasteiger charge is -2.22. The number of hydrogen-bond donors (Lipinski definition) is 0. The number of allylic oxidation sites excluding steroid dienone is 2. The molecule has 0 aromatic heterocycles. The van der Waals surface area contributed by atoms with Crippen LogP contribution in [-0.4, -0.2) is 64.8 Å². The zero-order valence-electron chi connectivity index (χ0n) is 23.4. The van der Waals surface area contributed by atoms with Crippen LogP contribution in [0.15, 0.2) is 24.3 Å². The normalized spacial score (nSPS) is 14.2. The molecule has 35 heavy (non-hydrogen) atoms. The van der Waals surface area contributed by atoms with Crippen LogP contribution in [0.5, 0.6) is 0 Å². The minimum absolute atomic E-state index is 0.180. The standard InChI is InChI=1S/C28H54O7/c1-7-13-23-33-27(21-17-15-19-25(29-9-3)30-10-4)35-28(34-24-14-8-2)22-18-16-20-26(31-11-5)32-12-6/h17-18,21-22,25-28H,7-16,19-20,23-24H2,1-6H3. The van der Waals surface area contributed by atoms with Gasteiger partial charge in [0.25, 0.3) is 0 Å². The van der Waals surface area contributed by atoms with Gasteiger partial charge in [-0.15, -0.1) is 0 Å². The molecule has 7 nitrogen and oxygen atoms in total. The molecule has 0 aliphatic heterocycles. The van der Waals surface area contributed by atoms with Gasteiger partial charge in [0.2, 0.25) is 0 Å². The Labute approximate surface area is 215 Å². The molecular weight excluding hydrogens is 448 g/mol. The third kappa shape index (κ3) is 21.0. The molecule has 0 saturated carbocycles. The van der Waals surface area contributed by atoms with E-state index in [0.29, 0.717) is 39.6 Å². The maximum absolute atomic E-state index is 6.20. The third-order valence-electron chi connectivity index (χ3n) is 4.96. The van der Waals surface area contributed by atoms with Gasteiger partial charge in [-0.25, -0.2) is 0 Å². The summed E-state index contributed by atoms with van der Waals surface area (Å²) in [6.45, 7) is 16.0. The predicted octanol–water partition coefficient (Wildman–Crippen LogP) is 6.76. The van der Waals surface area contributed by atoms with E-state index in [9.17, 15) is 0 Å². The van der Waals surface area contributed by atoms with Gasteiger partial charge in [-0.3, -0.25) is 0 Å². The summed E-state index contributed by atoms with van der Waals surface area (Å²) in [5.74, 6) is 0. The molecule has 0 saturated heterocycles. The molecule has 0 aliphatic carbocycles. The quantitative estimate of drug-likeness (QED) is 0.0735. The van der Waals surface area contributed by atoms with E-state index < -0.39 is 12.6 Å². The minimum Gasteiger partial charge on any atom is -0.353 e. The lowest BCUT2D eigenvalue weighted by atomic mass is 10.2. The third-order valence-corrected chi connectivity index (χ3v) is 4.96. The maximum atomic E-state index is 6.20. The van der Waals surface area contributed by atoms with Crippen molar-refractivity contribution in [2.24, 2.45) is 0 Å². The van der Waals surface area contributed by atoms with E-state index in [0.717, 1.165) is 51.4 Å². The Morgan fingerprint density at radius 3 is 1.20 bits per heavy atom. The Balaban J connectivity index is 4.99. The summed E-state index contributed by atoms with van der Waals surface area (Å²) in [4.78, 5) is 0. The van der Waals surface area contributed by atoms with E-state index in [1.807, 2.05) is 39.8 Å². The highest BCUT2D eigenvalue weighted by atomic mass is 16.8.